The Balaban J connectivity index is 1.23. The molecule has 7 nitrogen and oxygen atoms in total. The Hall–Kier alpha value is -2.52. The molecule has 3 fully saturated rings. The van der Waals surface area contributed by atoms with Crippen LogP contribution in [0.2, 0.25) is 0 Å². The van der Waals surface area contributed by atoms with E-state index in [0.717, 1.165) is 5.56 Å². The number of halogens is 3. The van der Waals surface area contributed by atoms with E-state index in [1.54, 1.807) is 22.1 Å². The van der Waals surface area contributed by atoms with Gasteiger partial charge in [-0.05, 0) is 18.1 Å². The molecule has 1 aromatic rings. The Kier molecular flexibility index (Phi) is 5.26. The van der Waals surface area contributed by atoms with Crippen molar-refractivity contribution in [1.29, 1.82) is 0 Å². The van der Waals surface area contributed by atoms with E-state index >= 15 is 0 Å². The lowest BCUT2D eigenvalue weighted by Gasteiger charge is -2.38. The fourth-order valence-corrected chi connectivity index (χ4v) is 3.85. The van der Waals surface area contributed by atoms with Crippen LogP contribution in [0.4, 0.5) is 23.8 Å². The molecule has 0 N–H and O–H groups in total. The van der Waals surface area contributed by atoms with Gasteiger partial charge in [-0.25, -0.2) is 9.78 Å². The molecular weight excluding hydrogens is 391 g/mol. The summed E-state index contributed by atoms with van der Waals surface area (Å²) in [6.07, 6.45) is -2.55. The third kappa shape index (κ3) is 4.40. The maximum absolute atomic E-state index is 12.8. The summed E-state index contributed by atoms with van der Waals surface area (Å²) >= 11 is 0. The van der Waals surface area contributed by atoms with Gasteiger partial charge in [-0.1, -0.05) is 6.07 Å². The Labute approximate surface area is 165 Å². The highest BCUT2D eigenvalue weighted by Crippen LogP contribution is 2.35. The van der Waals surface area contributed by atoms with Gasteiger partial charge in [0.25, 0.3) is 0 Å². The molecular formula is C19H22F3N3O4. The van der Waals surface area contributed by atoms with Crippen molar-refractivity contribution in [2.45, 2.75) is 24.9 Å². The number of carbonyl (C=O) groups is 2. The number of hydrogen-bond acceptors (Lipinski definition) is 6. The second kappa shape index (κ2) is 7.72. The number of nitrogens with zero attached hydrogens (tertiary/aromatic N) is 3. The number of aromatic nitrogens is 1. The first-order valence-corrected chi connectivity index (χ1v) is 9.64. The van der Waals surface area contributed by atoms with Crippen LogP contribution in [-0.4, -0.2) is 67.5 Å². The molecule has 0 radical (unpaired) electrons. The second-order valence-corrected chi connectivity index (χ2v) is 7.85. The van der Waals surface area contributed by atoms with Gasteiger partial charge in [-0.2, -0.15) is 13.2 Å². The first-order valence-electron chi connectivity index (χ1n) is 9.64. The van der Waals surface area contributed by atoms with E-state index in [0.29, 0.717) is 25.5 Å². The Morgan fingerprint density at radius 1 is 1.28 bits per heavy atom. The average molecular weight is 413 g/mol. The van der Waals surface area contributed by atoms with E-state index in [9.17, 15) is 22.8 Å². The summed E-state index contributed by atoms with van der Waals surface area (Å²) in [4.78, 5) is 30.6. The van der Waals surface area contributed by atoms with E-state index < -0.39 is 18.2 Å². The van der Waals surface area contributed by atoms with Gasteiger partial charge in [0.05, 0.1) is 25.6 Å². The number of anilines is 1. The molecule has 158 valence electrons. The van der Waals surface area contributed by atoms with Crippen LogP contribution in [0.15, 0.2) is 18.3 Å². The quantitative estimate of drug-likeness (QED) is 0.707. The predicted molar refractivity (Wildman–Crippen MR) is 95.3 cm³/mol. The average Bonchev–Trinajstić information content (AvgIpc) is 3.28. The molecule has 1 aromatic heterocycles. The minimum Gasteiger partial charge on any atom is -0.465 e. The van der Waals surface area contributed by atoms with Gasteiger partial charge < -0.3 is 19.3 Å². The molecule has 3 aliphatic rings. The maximum Gasteiger partial charge on any atom is 0.409 e. The smallest absolute Gasteiger partial charge is 0.409 e. The van der Waals surface area contributed by atoms with Gasteiger partial charge in [0.15, 0.2) is 0 Å². The van der Waals surface area contributed by atoms with E-state index in [4.69, 9.17) is 9.47 Å². The normalized spacial score (nSPS) is 25.1. The van der Waals surface area contributed by atoms with Crippen molar-refractivity contribution in [3.05, 3.63) is 23.9 Å². The summed E-state index contributed by atoms with van der Waals surface area (Å²) in [5, 5.41) is 0. The van der Waals surface area contributed by atoms with Gasteiger partial charge in [-0.3, -0.25) is 4.79 Å². The summed E-state index contributed by atoms with van der Waals surface area (Å²) in [5.74, 6) is -0.979. The molecule has 1 amide bonds. The van der Waals surface area contributed by atoms with E-state index in [-0.39, 0.29) is 50.4 Å². The molecule has 0 aromatic carbocycles. The zero-order valence-corrected chi connectivity index (χ0v) is 15.7. The monoisotopic (exact) mass is 413 g/mol. The number of amides is 1. The fraction of sp³-hybridized carbons (Fsp3) is 0.632. The highest BCUT2D eigenvalue weighted by Gasteiger charge is 2.44. The number of likely N-dealkylation sites (tertiary alicyclic amines) is 1. The molecule has 4 heterocycles. The predicted octanol–water partition coefficient (Wildman–Crippen LogP) is 2.57. The van der Waals surface area contributed by atoms with E-state index in [1.807, 2.05) is 6.07 Å². The van der Waals surface area contributed by atoms with Gasteiger partial charge >= 0.3 is 18.2 Å². The molecule has 0 bridgehead atoms. The molecule has 29 heavy (non-hydrogen) atoms. The summed E-state index contributed by atoms with van der Waals surface area (Å²) in [6.45, 7) is 1.73. The zero-order valence-electron chi connectivity index (χ0n) is 15.7. The number of esters is 1. The van der Waals surface area contributed by atoms with Crippen LogP contribution >= 0.6 is 0 Å². The second-order valence-electron chi connectivity index (χ2n) is 7.85. The van der Waals surface area contributed by atoms with E-state index in [1.165, 1.54) is 0 Å². The molecule has 3 aliphatic heterocycles. The van der Waals surface area contributed by atoms with Crippen molar-refractivity contribution < 1.29 is 32.2 Å². The van der Waals surface area contributed by atoms with Crippen molar-refractivity contribution in [2.24, 2.45) is 11.8 Å². The van der Waals surface area contributed by atoms with Crippen LogP contribution < -0.4 is 4.90 Å². The third-order valence-electron chi connectivity index (χ3n) is 5.73. The SMILES string of the molecule is O=C1C[C@H](COC(=O)N2CC(c3ccc(N4CCC(C(F)(F)F)C4)nc3)C2)CO1. The molecule has 0 saturated carbocycles. The molecule has 3 saturated heterocycles. The lowest BCUT2D eigenvalue weighted by atomic mass is 9.93. The lowest BCUT2D eigenvalue weighted by Crippen LogP contribution is -2.49. The number of alkyl halides is 3. The number of hydrogen-bond donors (Lipinski definition) is 0. The van der Waals surface area contributed by atoms with Crippen LogP contribution in [0, 0.1) is 11.8 Å². The minimum absolute atomic E-state index is 0.0590. The highest BCUT2D eigenvalue weighted by atomic mass is 19.4. The largest absolute Gasteiger partial charge is 0.465 e. The topological polar surface area (TPSA) is 72.0 Å². The molecule has 10 heteroatoms. The summed E-state index contributed by atoms with van der Waals surface area (Å²) in [7, 11) is 0. The van der Waals surface area contributed by atoms with Crippen molar-refractivity contribution in [1.82, 2.24) is 9.88 Å². The third-order valence-corrected chi connectivity index (χ3v) is 5.73. The Bertz CT molecular complexity index is 765. The maximum atomic E-state index is 12.8. The van der Waals surface area contributed by atoms with Crippen LogP contribution in [0.1, 0.15) is 24.3 Å². The summed E-state index contributed by atoms with van der Waals surface area (Å²) < 4.78 is 48.5. The summed E-state index contributed by atoms with van der Waals surface area (Å²) in [6, 6.07) is 3.60. The number of ether oxygens (including phenoxy) is 2. The first kappa shape index (κ1) is 19.8. The van der Waals surface area contributed by atoms with Gasteiger partial charge in [0.1, 0.15) is 5.82 Å². The van der Waals surface area contributed by atoms with Crippen LogP contribution in [0.5, 0.6) is 0 Å². The first-order chi connectivity index (χ1) is 13.8. The van der Waals surface area contributed by atoms with Crippen molar-refractivity contribution in [3.8, 4) is 0 Å². The van der Waals surface area contributed by atoms with Crippen LogP contribution in [-0.2, 0) is 14.3 Å². The molecule has 0 aliphatic carbocycles. The van der Waals surface area contributed by atoms with Gasteiger partial charge in [0, 0.05) is 44.2 Å². The van der Waals surface area contributed by atoms with Crippen molar-refractivity contribution in [3.63, 3.8) is 0 Å². The van der Waals surface area contributed by atoms with Gasteiger partial charge in [0.2, 0.25) is 0 Å². The number of rotatable bonds is 4. The Morgan fingerprint density at radius 2 is 2.07 bits per heavy atom. The van der Waals surface area contributed by atoms with Crippen molar-refractivity contribution >= 4 is 17.9 Å². The lowest BCUT2D eigenvalue weighted by molar-refractivity contribution is -0.168. The standard InChI is InChI=1S/C19H22F3N3O4/c20-19(21,22)15-3-4-24(9-15)16-2-1-13(6-23-16)14-7-25(8-14)18(27)29-11-12-5-17(26)28-10-12/h1-2,6,12,14-15H,3-5,7-11H2/t12-,15?/m0/s1. The zero-order chi connectivity index (χ0) is 20.6. The summed E-state index contributed by atoms with van der Waals surface area (Å²) in [5.41, 5.74) is 0.944. The molecule has 4 rings (SSSR count). The Morgan fingerprint density at radius 3 is 2.66 bits per heavy atom. The van der Waals surface area contributed by atoms with Gasteiger partial charge in [-0.15, -0.1) is 0 Å². The molecule has 2 atom stereocenters. The number of carbonyl (C=O) groups excluding carboxylic acids is 2. The number of cyclic esters (lactones) is 1. The van der Waals surface area contributed by atoms with E-state index in [2.05, 4.69) is 4.98 Å². The fourth-order valence-electron chi connectivity index (χ4n) is 3.85. The number of pyridine rings is 1. The minimum atomic E-state index is -4.17. The molecule has 0 spiro atoms. The van der Waals surface area contributed by atoms with Crippen molar-refractivity contribution in [2.75, 3.05) is 44.3 Å². The van der Waals surface area contributed by atoms with Crippen LogP contribution in [0.3, 0.4) is 0 Å². The molecule has 1 unspecified atom stereocenters. The highest BCUT2D eigenvalue weighted by molar-refractivity contribution is 5.72. The van der Waals surface area contributed by atoms with Crippen LogP contribution in [0.25, 0.3) is 0 Å².